The lowest BCUT2D eigenvalue weighted by Crippen LogP contribution is -2.33. The van der Waals surface area contributed by atoms with Gasteiger partial charge in [0.2, 0.25) is 5.88 Å². The molecule has 10 heteroatoms. The number of hydrogen-bond donors (Lipinski definition) is 1. The van der Waals surface area contributed by atoms with Crippen LogP contribution in [-0.2, 0) is 13.6 Å². The first-order valence-corrected chi connectivity index (χ1v) is 10.00. The number of carboxylic acids is 1. The van der Waals surface area contributed by atoms with Crippen LogP contribution in [0.4, 0.5) is 5.69 Å². The van der Waals surface area contributed by atoms with Crippen molar-refractivity contribution in [2.24, 2.45) is 7.05 Å². The van der Waals surface area contributed by atoms with Crippen molar-refractivity contribution in [1.29, 1.82) is 0 Å². The highest BCUT2D eigenvalue weighted by molar-refractivity contribution is 6.29. The SMILES string of the molecule is Cc1cc(CN2CCOc3nc(Cl)ccc32)c2c(c1)c(=O)n(C)c1c(C(=O)O)ncn21. The van der Waals surface area contributed by atoms with Gasteiger partial charge in [0.1, 0.15) is 23.8 Å². The van der Waals surface area contributed by atoms with E-state index in [1.165, 1.54) is 10.9 Å². The second kappa shape index (κ2) is 6.98. The summed E-state index contributed by atoms with van der Waals surface area (Å²) in [6.45, 7) is 3.48. The van der Waals surface area contributed by atoms with E-state index in [2.05, 4.69) is 14.9 Å². The summed E-state index contributed by atoms with van der Waals surface area (Å²) in [5.41, 5.74) is 3.05. The number of rotatable bonds is 3. The third kappa shape index (κ3) is 3.00. The Morgan fingerprint density at radius 2 is 2.13 bits per heavy atom. The Balaban J connectivity index is 1.75. The molecule has 3 aromatic heterocycles. The Labute approximate surface area is 181 Å². The Bertz CT molecular complexity index is 1440. The van der Waals surface area contributed by atoms with E-state index in [4.69, 9.17) is 16.3 Å². The summed E-state index contributed by atoms with van der Waals surface area (Å²) in [4.78, 5) is 35.2. The van der Waals surface area contributed by atoms with Gasteiger partial charge in [-0.2, -0.15) is 4.98 Å². The molecule has 1 N–H and O–H groups in total. The van der Waals surface area contributed by atoms with Gasteiger partial charge in [-0.1, -0.05) is 17.7 Å². The largest absolute Gasteiger partial charge is 0.476 e. The molecule has 31 heavy (non-hydrogen) atoms. The molecule has 0 radical (unpaired) electrons. The average Bonchev–Trinajstić information content (AvgIpc) is 3.17. The zero-order valence-electron chi connectivity index (χ0n) is 16.8. The van der Waals surface area contributed by atoms with Crippen LogP contribution in [-0.4, -0.2) is 43.2 Å². The number of ether oxygens (including phenoxy) is 1. The third-order valence-corrected chi connectivity index (χ3v) is 5.69. The van der Waals surface area contributed by atoms with Crippen molar-refractivity contribution < 1.29 is 14.6 Å². The number of carboxylic acid groups (broad SMARTS) is 1. The third-order valence-electron chi connectivity index (χ3n) is 5.48. The average molecular weight is 440 g/mol. The van der Waals surface area contributed by atoms with E-state index in [1.54, 1.807) is 17.5 Å². The lowest BCUT2D eigenvalue weighted by molar-refractivity contribution is 0.0692. The van der Waals surface area contributed by atoms with Gasteiger partial charge in [0.15, 0.2) is 11.3 Å². The summed E-state index contributed by atoms with van der Waals surface area (Å²) in [6, 6.07) is 7.38. The number of fused-ring (bicyclic) bond motifs is 4. The summed E-state index contributed by atoms with van der Waals surface area (Å²) in [7, 11) is 1.56. The van der Waals surface area contributed by atoms with Gasteiger partial charge in [-0.3, -0.25) is 13.8 Å². The zero-order valence-corrected chi connectivity index (χ0v) is 17.5. The van der Waals surface area contributed by atoms with E-state index < -0.39 is 5.97 Å². The number of benzene rings is 1. The highest BCUT2D eigenvalue weighted by atomic mass is 35.5. The fourth-order valence-electron chi connectivity index (χ4n) is 4.18. The first kappa shape index (κ1) is 19.4. The van der Waals surface area contributed by atoms with E-state index in [0.29, 0.717) is 41.6 Å². The molecule has 9 nitrogen and oxygen atoms in total. The van der Waals surface area contributed by atoms with Gasteiger partial charge in [0, 0.05) is 13.6 Å². The summed E-state index contributed by atoms with van der Waals surface area (Å²) in [6.07, 6.45) is 1.45. The number of hydrogen-bond acceptors (Lipinski definition) is 6. The van der Waals surface area contributed by atoms with Crippen molar-refractivity contribution in [3.63, 3.8) is 0 Å². The Hall–Kier alpha value is -3.59. The van der Waals surface area contributed by atoms with Crippen LogP contribution in [0.25, 0.3) is 16.6 Å². The van der Waals surface area contributed by atoms with Crippen LogP contribution in [0.1, 0.15) is 21.6 Å². The highest BCUT2D eigenvalue weighted by Crippen LogP contribution is 2.33. The molecule has 0 atom stereocenters. The van der Waals surface area contributed by atoms with Crippen LogP contribution in [0, 0.1) is 6.92 Å². The minimum Gasteiger partial charge on any atom is -0.476 e. The molecular formula is C21H18ClN5O4. The number of carbonyl (C=O) groups is 1. The lowest BCUT2D eigenvalue weighted by Gasteiger charge is -2.31. The first-order valence-electron chi connectivity index (χ1n) is 9.62. The molecule has 0 saturated heterocycles. The zero-order chi connectivity index (χ0) is 21.9. The molecule has 4 aromatic rings. The van der Waals surface area contributed by atoms with Crippen LogP contribution < -0.4 is 15.2 Å². The molecule has 0 aliphatic carbocycles. The Morgan fingerprint density at radius 3 is 2.90 bits per heavy atom. The molecule has 0 spiro atoms. The normalized spacial score (nSPS) is 13.5. The molecule has 1 aliphatic heterocycles. The van der Waals surface area contributed by atoms with Gasteiger partial charge in [-0.25, -0.2) is 9.78 Å². The Morgan fingerprint density at radius 1 is 1.32 bits per heavy atom. The fraction of sp³-hybridized carbons (Fsp3) is 0.238. The minimum absolute atomic E-state index is 0.163. The van der Waals surface area contributed by atoms with Crippen molar-refractivity contribution in [3.05, 3.63) is 62.9 Å². The molecule has 1 aromatic carbocycles. The number of aromatic nitrogens is 4. The molecule has 0 unspecified atom stereocenters. The number of aryl methyl sites for hydroxylation is 2. The smallest absolute Gasteiger partial charge is 0.358 e. The van der Waals surface area contributed by atoms with Crippen molar-refractivity contribution in [2.75, 3.05) is 18.1 Å². The summed E-state index contributed by atoms with van der Waals surface area (Å²) >= 11 is 6.00. The predicted octanol–water partition coefficient (Wildman–Crippen LogP) is 2.64. The molecule has 5 rings (SSSR count). The molecule has 0 amide bonds. The van der Waals surface area contributed by atoms with Crippen molar-refractivity contribution in [2.45, 2.75) is 13.5 Å². The minimum atomic E-state index is -1.18. The molecular weight excluding hydrogens is 422 g/mol. The quantitative estimate of drug-likeness (QED) is 0.489. The van der Waals surface area contributed by atoms with E-state index in [0.717, 1.165) is 16.8 Å². The molecule has 158 valence electrons. The summed E-state index contributed by atoms with van der Waals surface area (Å²) in [5.74, 6) is -0.719. The van der Waals surface area contributed by atoms with Gasteiger partial charge >= 0.3 is 5.97 Å². The van der Waals surface area contributed by atoms with Gasteiger partial charge in [0.25, 0.3) is 5.56 Å². The topological polar surface area (TPSA) is 102 Å². The van der Waals surface area contributed by atoms with Gasteiger partial charge in [-0.05, 0) is 36.2 Å². The molecule has 0 fully saturated rings. The number of nitrogens with zero attached hydrogens (tertiary/aromatic N) is 5. The molecule has 0 bridgehead atoms. The lowest BCUT2D eigenvalue weighted by atomic mass is 10.1. The maximum Gasteiger partial charge on any atom is 0.358 e. The monoisotopic (exact) mass is 439 g/mol. The van der Waals surface area contributed by atoms with E-state index >= 15 is 0 Å². The molecule has 4 heterocycles. The summed E-state index contributed by atoms with van der Waals surface area (Å²) in [5, 5.41) is 10.4. The maximum atomic E-state index is 13.1. The number of anilines is 1. The van der Waals surface area contributed by atoms with E-state index in [1.807, 2.05) is 25.1 Å². The Kier molecular flexibility index (Phi) is 4.37. The first-order chi connectivity index (χ1) is 14.8. The second-order valence-electron chi connectivity index (χ2n) is 7.50. The second-order valence-corrected chi connectivity index (χ2v) is 7.89. The summed E-state index contributed by atoms with van der Waals surface area (Å²) < 4.78 is 8.66. The van der Waals surface area contributed by atoms with Crippen LogP contribution in [0.5, 0.6) is 5.88 Å². The van der Waals surface area contributed by atoms with Gasteiger partial charge in [-0.15, -0.1) is 0 Å². The van der Waals surface area contributed by atoms with Gasteiger partial charge in [0.05, 0.1) is 17.4 Å². The number of aromatic carboxylic acids is 1. The predicted molar refractivity (Wildman–Crippen MR) is 115 cm³/mol. The molecule has 1 aliphatic rings. The van der Waals surface area contributed by atoms with Gasteiger partial charge < -0.3 is 14.7 Å². The van der Waals surface area contributed by atoms with E-state index in [9.17, 15) is 14.7 Å². The highest BCUT2D eigenvalue weighted by Gasteiger charge is 2.24. The standard InChI is InChI=1S/C21H18ClN5O4/c1-11-7-12(9-26-5-6-31-18-14(26)3-4-15(22)24-18)17-13(8-11)20(28)25(2)19-16(21(29)30)23-10-27(17)19/h3-4,7-8,10H,5-6,9H2,1-2H3,(H,29,30). The van der Waals surface area contributed by atoms with Crippen LogP contribution >= 0.6 is 11.6 Å². The van der Waals surface area contributed by atoms with Crippen molar-refractivity contribution in [1.82, 2.24) is 18.9 Å². The van der Waals surface area contributed by atoms with Crippen LogP contribution in [0.15, 0.2) is 35.4 Å². The number of imidazole rings is 1. The molecule has 0 saturated carbocycles. The number of pyridine rings is 1. The van der Waals surface area contributed by atoms with Crippen molar-refractivity contribution in [3.8, 4) is 5.88 Å². The maximum absolute atomic E-state index is 13.1. The van der Waals surface area contributed by atoms with E-state index in [-0.39, 0.29) is 16.9 Å². The fourth-order valence-corrected chi connectivity index (χ4v) is 4.32. The van der Waals surface area contributed by atoms with Crippen LogP contribution in [0.2, 0.25) is 5.15 Å². The van der Waals surface area contributed by atoms with Crippen LogP contribution in [0.3, 0.4) is 0 Å². The van der Waals surface area contributed by atoms with Crippen molar-refractivity contribution >= 4 is 39.8 Å². The number of halogens is 1.